The summed E-state index contributed by atoms with van der Waals surface area (Å²) in [7, 11) is 1.14. The largest absolute Gasteiger partial charge is 0.467 e. The molecule has 45 heavy (non-hydrogen) atoms. The van der Waals surface area contributed by atoms with Crippen LogP contribution in [0.2, 0.25) is 0 Å². The molecule has 5 aliphatic heterocycles. The molecule has 1 aliphatic carbocycles. The van der Waals surface area contributed by atoms with E-state index in [1.54, 1.807) is 0 Å². The molecule has 0 amide bonds. The Labute approximate surface area is 261 Å². The second-order valence-corrected chi connectivity index (χ2v) is 12.6. The van der Waals surface area contributed by atoms with E-state index < -0.39 is 84.7 Å². The fourth-order valence-electron chi connectivity index (χ4n) is 7.70. The maximum Gasteiger partial charge on any atom is 0.339 e. The van der Waals surface area contributed by atoms with Gasteiger partial charge in [0.05, 0.1) is 13.2 Å². The summed E-state index contributed by atoms with van der Waals surface area (Å²) in [5, 5.41) is 0. The molecule has 5 heterocycles. The van der Waals surface area contributed by atoms with Crippen LogP contribution < -0.4 is 0 Å². The van der Waals surface area contributed by atoms with E-state index in [4.69, 9.17) is 52.4 Å². The van der Waals surface area contributed by atoms with Crippen molar-refractivity contribution in [1.29, 1.82) is 0 Å². The Morgan fingerprint density at radius 1 is 0.822 bits per heavy atom. The van der Waals surface area contributed by atoms with Gasteiger partial charge in [0, 0.05) is 51.6 Å². The Bertz CT molecular complexity index is 1150. The van der Waals surface area contributed by atoms with Crippen molar-refractivity contribution in [3.05, 3.63) is 0 Å². The summed E-state index contributed by atoms with van der Waals surface area (Å²) in [5.41, 5.74) is -0.958. The Balaban J connectivity index is 1.51. The molecule has 5 saturated heterocycles. The van der Waals surface area contributed by atoms with E-state index in [1.807, 2.05) is 27.7 Å². The van der Waals surface area contributed by atoms with Crippen LogP contribution >= 0.6 is 0 Å². The van der Waals surface area contributed by atoms with Gasteiger partial charge >= 0.3 is 23.9 Å². The number of esters is 4. The van der Waals surface area contributed by atoms with Gasteiger partial charge < -0.3 is 42.6 Å². The molecular weight excluding hydrogens is 600 g/mol. The van der Waals surface area contributed by atoms with E-state index in [9.17, 15) is 19.2 Å². The summed E-state index contributed by atoms with van der Waals surface area (Å²) in [6.07, 6.45) is -7.62. The lowest BCUT2D eigenvalue weighted by Gasteiger charge is -2.61. The fourth-order valence-corrected chi connectivity index (χ4v) is 7.70. The summed E-state index contributed by atoms with van der Waals surface area (Å²) in [6.45, 7) is 11.6. The molecule has 14 atom stereocenters. The molecule has 1 saturated carbocycles. The quantitative estimate of drug-likeness (QED) is 0.213. The van der Waals surface area contributed by atoms with Gasteiger partial charge in [-0.1, -0.05) is 13.8 Å². The second kappa shape index (κ2) is 13.0. The molecule has 0 unspecified atom stereocenters. The molecule has 0 N–H and O–H groups in total. The van der Waals surface area contributed by atoms with Gasteiger partial charge in [0.15, 0.2) is 48.9 Å². The monoisotopic (exact) mass is 644 g/mol. The van der Waals surface area contributed by atoms with Gasteiger partial charge in [0.25, 0.3) is 0 Å². The Morgan fingerprint density at radius 3 is 2.09 bits per heavy atom. The van der Waals surface area contributed by atoms with Crippen molar-refractivity contribution in [3.8, 4) is 0 Å². The first-order valence-electron chi connectivity index (χ1n) is 15.5. The van der Waals surface area contributed by atoms with Crippen LogP contribution in [-0.4, -0.2) is 98.4 Å². The van der Waals surface area contributed by atoms with Crippen molar-refractivity contribution in [1.82, 2.24) is 0 Å². The molecule has 0 aromatic rings. The average Bonchev–Trinajstić information content (AvgIpc) is 3.19. The molecule has 6 fully saturated rings. The highest BCUT2D eigenvalue weighted by atomic mass is 17.3. The minimum absolute atomic E-state index is 0.175. The number of carbonyl (C=O) groups excluding carboxylic acids is 4. The minimum atomic E-state index is -1.56. The third-order valence-corrected chi connectivity index (χ3v) is 9.66. The third-order valence-electron chi connectivity index (χ3n) is 9.66. The lowest BCUT2D eigenvalue weighted by atomic mass is 9.57. The Hall–Kier alpha value is -2.40. The van der Waals surface area contributed by atoms with Crippen LogP contribution in [0.3, 0.4) is 0 Å². The van der Waals surface area contributed by atoms with Crippen molar-refractivity contribution in [2.75, 3.05) is 13.7 Å². The number of carbonyl (C=O) groups is 4. The Morgan fingerprint density at radius 2 is 1.47 bits per heavy atom. The summed E-state index contributed by atoms with van der Waals surface area (Å²) >= 11 is 0. The normalized spacial score (nSPS) is 45.4. The molecule has 1 spiro atoms. The van der Waals surface area contributed by atoms with Crippen LogP contribution in [0.25, 0.3) is 0 Å². The highest BCUT2D eigenvalue weighted by Crippen LogP contribution is 2.61. The van der Waals surface area contributed by atoms with Gasteiger partial charge in [-0.25, -0.2) is 14.6 Å². The second-order valence-electron chi connectivity index (χ2n) is 12.6. The summed E-state index contributed by atoms with van der Waals surface area (Å²) in [5.74, 6) is -5.02. The maximum absolute atomic E-state index is 12.9. The molecule has 0 radical (unpaired) electrons. The molecule has 15 nitrogen and oxygen atoms in total. The van der Waals surface area contributed by atoms with Crippen molar-refractivity contribution >= 4 is 23.9 Å². The molecule has 15 heteroatoms. The first-order valence-corrected chi connectivity index (χ1v) is 15.5. The standard InChI is InChI=1S/C30H44O15/c1-9-36-26-14(3)19-12-20(13(2)18-10-11-29(7)43-28(42-26)30(18,19)45-44-29)40-27-24(39-17(6)33)22(38-16(5)32)21(37-15(4)31)23(41-27)25(34)35-8/h13-14,18-24,26-28H,9-12H2,1-8H3/t13-,14+,18-,19-,20-,21-,22-,23-,24+,26-,27+,28+,29+,30+/m0/s1. The van der Waals surface area contributed by atoms with Crippen molar-refractivity contribution in [2.45, 2.75) is 129 Å². The number of ether oxygens (including phenoxy) is 9. The molecule has 0 aromatic heterocycles. The lowest BCUT2D eigenvalue weighted by molar-refractivity contribution is -0.579. The minimum Gasteiger partial charge on any atom is -0.467 e. The third kappa shape index (κ3) is 6.20. The van der Waals surface area contributed by atoms with E-state index in [0.717, 1.165) is 21.0 Å². The van der Waals surface area contributed by atoms with Crippen LogP contribution in [0, 0.1) is 23.7 Å². The van der Waals surface area contributed by atoms with Gasteiger partial charge in [-0.05, 0) is 32.6 Å². The van der Waals surface area contributed by atoms with Crippen LogP contribution in [0.5, 0.6) is 0 Å². The molecule has 6 aliphatic rings. The van der Waals surface area contributed by atoms with E-state index >= 15 is 0 Å². The van der Waals surface area contributed by atoms with E-state index in [1.165, 1.54) is 6.92 Å². The number of hydrogen-bond acceptors (Lipinski definition) is 15. The SMILES string of the molecule is CCO[C@H]1O[C@@H]2O[C@@]3(C)CC[C@H]4[C@H](C)[C@@H](O[C@@H]5O[C@H](C(=O)OC)[C@@H](OC(C)=O)[C@H](OC(C)=O)[C@H]5OC(C)=O)C[C@@H]([C@H]1C)[C@@]24OO3. The van der Waals surface area contributed by atoms with Crippen molar-refractivity contribution < 1.29 is 71.6 Å². The van der Waals surface area contributed by atoms with E-state index in [0.29, 0.717) is 25.9 Å². The highest BCUT2D eigenvalue weighted by Gasteiger charge is 2.71. The predicted octanol–water partition coefficient (Wildman–Crippen LogP) is 1.92. The van der Waals surface area contributed by atoms with Crippen LogP contribution in [0.1, 0.15) is 67.7 Å². The smallest absolute Gasteiger partial charge is 0.339 e. The molecular formula is C30H44O15. The predicted molar refractivity (Wildman–Crippen MR) is 146 cm³/mol. The molecule has 254 valence electrons. The number of fused-ring (bicyclic) bond motifs is 2. The van der Waals surface area contributed by atoms with Crippen LogP contribution in [-0.2, 0) is 71.6 Å². The van der Waals surface area contributed by atoms with Gasteiger partial charge in [-0.2, -0.15) is 0 Å². The lowest BCUT2D eigenvalue weighted by Crippen LogP contribution is -2.72. The van der Waals surface area contributed by atoms with Gasteiger partial charge in [0.1, 0.15) is 0 Å². The van der Waals surface area contributed by atoms with E-state index in [2.05, 4.69) is 0 Å². The number of methoxy groups -OCH3 is 1. The van der Waals surface area contributed by atoms with Gasteiger partial charge in [-0.3, -0.25) is 14.4 Å². The summed E-state index contributed by atoms with van der Waals surface area (Å²) in [6, 6.07) is 0. The maximum atomic E-state index is 12.9. The topological polar surface area (TPSA) is 170 Å². The fraction of sp³-hybridized carbons (Fsp3) is 0.867. The number of rotatable bonds is 8. The molecule has 6 rings (SSSR count). The highest BCUT2D eigenvalue weighted by molar-refractivity contribution is 5.77. The summed E-state index contributed by atoms with van der Waals surface area (Å²) < 4.78 is 52.9. The number of hydrogen-bond donors (Lipinski definition) is 0. The average molecular weight is 645 g/mol. The Kier molecular flexibility index (Phi) is 9.81. The van der Waals surface area contributed by atoms with Crippen LogP contribution in [0.15, 0.2) is 0 Å². The van der Waals surface area contributed by atoms with Crippen molar-refractivity contribution in [3.63, 3.8) is 0 Å². The zero-order chi connectivity index (χ0) is 32.8. The molecule has 0 aromatic carbocycles. The summed E-state index contributed by atoms with van der Waals surface area (Å²) in [4.78, 5) is 61.7. The van der Waals surface area contributed by atoms with Gasteiger partial charge in [0.2, 0.25) is 5.79 Å². The van der Waals surface area contributed by atoms with E-state index in [-0.39, 0.29) is 23.7 Å². The zero-order valence-electron chi connectivity index (χ0n) is 26.9. The van der Waals surface area contributed by atoms with Crippen molar-refractivity contribution in [2.24, 2.45) is 23.7 Å². The first-order chi connectivity index (χ1) is 21.2. The zero-order valence-corrected chi connectivity index (χ0v) is 26.9. The van der Waals surface area contributed by atoms with Crippen LogP contribution in [0.4, 0.5) is 0 Å². The van der Waals surface area contributed by atoms with Gasteiger partial charge in [-0.15, -0.1) is 0 Å². The molecule has 2 bridgehead atoms. The first kappa shape index (κ1) is 33.9.